The molecule has 1 atom stereocenters. The van der Waals surface area contributed by atoms with E-state index in [-0.39, 0.29) is 36.8 Å². The van der Waals surface area contributed by atoms with Crippen molar-refractivity contribution in [3.05, 3.63) is 51.9 Å². The van der Waals surface area contributed by atoms with Crippen molar-refractivity contribution in [3.8, 4) is 0 Å². The van der Waals surface area contributed by atoms with Crippen LogP contribution in [0.1, 0.15) is 53.3 Å². The number of phosphoric ester groups is 1. The zero-order valence-corrected chi connectivity index (χ0v) is 19.2. The fourth-order valence-electron chi connectivity index (χ4n) is 3.03. The van der Waals surface area contributed by atoms with Gasteiger partial charge in [-0.05, 0) is 31.0 Å². The van der Waals surface area contributed by atoms with E-state index in [4.69, 9.17) is 14.5 Å². The Morgan fingerprint density at radius 3 is 2.79 bits per heavy atom. The first-order chi connectivity index (χ1) is 15.6. The van der Waals surface area contributed by atoms with Crippen LogP contribution >= 0.6 is 19.2 Å². The molecule has 10 nitrogen and oxygen atoms in total. The lowest BCUT2D eigenvalue weighted by atomic mass is 10.1. The Morgan fingerprint density at radius 1 is 1.33 bits per heavy atom. The van der Waals surface area contributed by atoms with Crippen LogP contribution in [-0.2, 0) is 25.4 Å². The van der Waals surface area contributed by atoms with Crippen LogP contribution in [0.15, 0.2) is 29.8 Å². The Labute approximate surface area is 191 Å². The number of aliphatic hydroxyl groups excluding tert-OH is 1. The van der Waals surface area contributed by atoms with Crippen molar-refractivity contribution in [2.75, 3.05) is 6.61 Å². The van der Waals surface area contributed by atoms with Gasteiger partial charge in [0.2, 0.25) is 5.78 Å². The number of carbonyl (C=O) groups excluding carboxylic acids is 2. The molecule has 0 unspecified atom stereocenters. The molecular formula is C20H22FN2O8PS. The molecule has 2 heterocycles. The second-order valence-electron chi connectivity index (χ2n) is 7.08. The number of ether oxygens (including phenoxy) is 1. The molecule has 3 rings (SSSR count). The molecule has 0 saturated carbocycles. The monoisotopic (exact) mass is 500 g/mol. The quantitative estimate of drug-likeness (QED) is 0.156. The van der Waals surface area contributed by atoms with Gasteiger partial charge in [0.05, 0.1) is 29.5 Å². The third-order valence-corrected chi connectivity index (χ3v) is 6.06. The van der Waals surface area contributed by atoms with Crippen LogP contribution in [-0.4, -0.2) is 42.8 Å². The van der Waals surface area contributed by atoms with Gasteiger partial charge in [0.15, 0.2) is 11.7 Å². The number of aromatic nitrogens is 2. The number of phosphoric acid groups is 1. The Balaban J connectivity index is 1.75. The van der Waals surface area contributed by atoms with Crippen molar-refractivity contribution >= 4 is 41.8 Å². The van der Waals surface area contributed by atoms with Gasteiger partial charge in [0, 0.05) is 23.4 Å². The van der Waals surface area contributed by atoms with Gasteiger partial charge in [-0.2, -0.15) is 0 Å². The third-order valence-electron chi connectivity index (χ3n) is 4.68. The van der Waals surface area contributed by atoms with Gasteiger partial charge >= 0.3 is 13.8 Å². The van der Waals surface area contributed by atoms with Crippen molar-refractivity contribution in [1.82, 2.24) is 9.55 Å². The number of nitrogens with zero attached hydrogens (tertiary/aromatic N) is 2. The molecule has 0 saturated heterocycles. The highest BCUT2D eigenvalue weighted by Crippen LogP contribution is 2.35. The Hall–Kier alpha value is -2.47. The molecule has 33 heavy (non-hydrogen) atoms. The van der Waals surface area contributed by atoms with Crippen LogP contribution in [0.25, 0.3) is 10.9 Å². The normalized spacial score (nSPS) is 12.8. The number of fused-ring (bicyclic) bond motifs is 1. The predicted octanol–water partition coefficient (Wildman–Crippen LogP) is 3.30. The van der Waals surface area contributed by atoms with E-state index in [1.54, 1.807) is 12.3 Å². The Bertz CT molecular complexity index is 1200. The standard InChI is InChI=1S/C20H22FN2O8PS/c1-2-17(24)15-10-33-20(22-15)19(26)14-9-23(16-8-12(21)5-6-13(14)16)11-30-18(25)4-3-7-31-32(27,28)29/h5-6,8-10,17,24H,2-4,7,11H2,1H3,(H2,27,28,29)/t17-/m0/s1. The number of rotatable bonds is 11. The van der Waals surface area contributed by atoms with Crippen molar-refractivity contribution in [2.45, 2.75) is 39.0 Å². The largest absolute Gasteiger partial charge is 0.469 e. The fraction of sp³-hybridized carbons (Fsp3) is 0.350. The maximum absolute atomic E-state index is 13.9. The molecule has 13 heteroatoms. The fourth-order valence-corrected chi connectivity index (χ4v) is 4.22. The van der Waals surface area contributed by atoms with Gasteiger partial charge in [0.25, 0.3) is 0 Å². The number of ketones is 1. The van der Waals surface area contributed by atoms with Crippen molar-refractivity contribution in [1.29, 1.82) is 0 Å². The lowest BCUT2D eigenvalue weighted by Crippen LogP contribution is -2.10. The molecule has 0 aliphatic carbocycles. The molecule has 0 amide bonds. The minimum absolute atomic E-state index is 0.0325. The zero-order valence-electron chi connectivity index (χ0n) is 17.5. The molecule has 0 radical (unpaired) electrons. The summed E-state index contributed by atoms with van der Waals surface area (Å²) < 4.78 is 35.3. The number of thiazole rings is 1. The Morgan fingerprint density at radius 2 is 2.09 bits per heavy atom. The minimum atomic E-state index is -4.60. The molecule has 3 N–H and O–H groups in total. The summed E-state index contributed by atoms with van der Waals surface area (Å²) in [6.07, 6.45) is 0.997. The number of halogens is 1. The summed E-state index contributed by atoms with van der Waals surface area (Å²) in [4.78, 5) is 46.4. The second-order valence-corrected chi connectivity index (χ2v) is 9.17. The van der Waals surface area contributed by atoms with Crippen molar-refractivity contribution < 1.29 is 42.7 Å². The van der Waals surface area contributed by atoms with Crippen LogP contribution in [0.3, 0.4) is 0 Å². The average molecular weight is 500 g/mol. The third kappa shape index (κ3) is 6.53. The number of carbonyl (C=O) groups is 2. The summed E-state index contributed by atoms with van der Waals surface area (Å²) in [5, 5.41) is 12.2. The highest BCUT2D eigenvalue weighted by atomic mass is 32.1. The number of benzene rings is 1. The summed E-state index contributed by atoms with van der Waals surface area (Å²) in [7, 11) is -4.60. The van der Waals surface area contributed by atoms with E-state index >= 15 is 0 Å². The first kappa shape index (κ1) is 25.2. The van der Waals surface area contributed by atoms with E-state index in [0.717, 1.165) is 11.3 Å². The lowest BCUT2D eigenvalue weighted by molar-refractivity contribution is -0.147. The summed E-state index contributed by atoms with van der Waals surface area (Å²) >= 11 is 1.09. The summed E-state index contributed by atoms with van der Waals surface area (Å²) in [6, 6.07) is 3.87. The summed E-state index contributed by atoms with van der Waals surface area (Å²) in [6.45, 7) is 1.17. The van der Waals surface area contributed by atoms with E-state index in [2.05, 4.69) is 9.51 Å². The molecule has 0 fully saturated rings. The highest BCUT2D eigenvalue weighted by molar-refractivity contribution is 7.46. The number of hydrogen-bond donors (Lipinski definition) is 3. The number of hydrogen-bond acceptors (Lipinski definition) is 8. The maximum atomic E-state index is 13.9. The van der Waals surface area contributed by atoms with Crippen molar-refractivity contribution in [2.24, 2.45) is 0 Å². The van der Waals surface area contributed by atoms with Crippen molar-refractivity contribution in [3.63, 3.8) is 0 Å². The summed E-state index contributed by atoms with van der Waals surface area (Å²) in [5.74, 6) is -1.61. The molecular weight excluding hydrogens is 478 g/mol. The van der Waals surface area contributed by atoms with E-state index < -0.39 is 31.5 Å². The zero-order chi connectivity index (χ0) is 24.2. The molecule has 1 aromatic carbocycles. The smallest absolute Gasteiger partial charge is 0.444 e. The molecule has 2 aromatic heterocycles. The predicted molar refractivity (Wildman–Crippen MR) is 116 cm³/mol. The van der Waals surface area contributed by atoms with Crippen LogP contribution in [0, 0.1) is 5.82 Å². The molecule has 3 aromatic rings. The molecule has 178 valence electrons. The van der Waals surface area contributed by atoms with E-state index in [1.807, 2.05) is 0 Å². The van der Waals surface area contributed by atoms with Crippen LogP contribution in [0.5, 0.6) is 0 Å². The van der Waals surface area contributed by atoms with Gasteiger partial charge in [-0.3, -0.25) is 14.1 Å². The summed E-state index contributed by atoms with van der Waals surface area (Å²) in [5.41, 5.74) is 0.974. The first-order valence-corrected chi connectivity index (χ1v) is 12.3. The first-order valence-electron chi connectivity index (χ1n) is 9.91. The van der Waals surface area contributed by atoms with Crippen LogP contribution in [0.2, 0.25) is 0 Å². The van der Waals surface area contributed by atoms with Crippen LogP contribution in [0.4, 0.5) is 4.39 Å². The van der Waals surface area contributed by atoms with Gasteiger partial charge < -0.3 is 24.2 Å². The van der Waals surface area contributed by atoms with Crippen LogP contribution < -0.4 is 0 Å². The SMILES string of the molecule is CC[C@H](O)c1csc(C(=O)c2cn(COC(=O)CCCOP(=O)(O)O)c3cc(F)ccc23)n1. The second kappa shape index (κ2) is 10.6. The van der Waals surface area contributed by atoms with Gasteiger partial charge in [-0.1, -0.05) is 6.92 Å². The average Bonchev–Trinajstić information content (AvgIpc) is 3.39. The van der Waals surface area contributed by atoms with E-state index in [1.165, 1.54) is 29.0 Å². The van der Waals surface area contributed by atoms with Gasteiger partial charge in [-0.15, -0.1) is 11.3 Å². The van der Waals surface area contributed by atoms with E-state index in [0.29, 0.717) is 23.0 Å². The number of aliphatic hydroxyl groups is 1. The number of esters is 1. The maximum Gasteiger partial charge on any atom is 0.469 e. The van der Waals surface area contributed by atoms with E-state index in [9.17, 15) is 23.7 Å². The topological polar surface area (TPSA) is 148 Å². The Kier molecular flexibility index (Phi) is 8.11. The minimum Gasteiger partial charge on any atom is -0.444 e. The van der Waals surface area contributed by atoms with Gasteiger partial charge in [-0.25, -0.2) is 13.9 Å². The molecule has 0 spiro atoms. The molecule has 0 aliphatic rings. The van der Waals surface area contributed by atoms with Gasteiger partial charge in [0.1, 0.15) is 5.82 Å². The highest BCUT2D eigenvalue weighted by Gasteiger charge is 2.22. The lowest BCUT2D eigenvalue weighted by Gasteiger charge is -2.08. The molecule has 0 aliphatic heterocycles. The molecule has 0 bridgehead atoms.